The lowest BCUT2D eigenvalue weighted by molar-refractivity contribution is 0.483. The summed E-state index contributed by atoms with van der Waals surface area (Å²) < 4.78 is 19.3. The van der Waals surface area contributed by atoms with E-state index in [-0.39, 0.29) is 5.82 Å². The van der Waals surface area contributed by atoms with Crippen molar-refractivity contribution in [2.24, 2.45) is 0 Å². The largest absolute Gasteiger partial charge is 0.457 e. The van der Waals surface area contributed by atoms with Gasteiger partial charge in [-0.3, -0.25) is 4.98 Å². The van der Waals surface area contributed by atoms with Crippen molar-refractivity contribution in [3.63, 3.8) is 0 Å². The molecule has 5 rings (SSSR count). The number of pyridine rings is 1. The number of rotatable bonds is 4. The molecule has 5 nitrogen and oxygen atoms in total. The number of benzene rings is 2. The second-order valence-electron chi connectivity index (χ2n) is 6.31. The number of halogens is 1. The van der Waals surface area contributed by atoms with Crippen molar-refractivity contribution in [1.29, 1.82) is 0 Å². The number of imidazole rings is 1. The molecule has 0 atom stereocenters. The Morgan fingerprint density at radius 1 is 0.929 bits per heavy atom. The van der Waals surface area contributed by atoms with Crippen LogP contribution in [0.5, 0.6) is 11.5 Å². The Labute approximate surface area is 159 Å². The van der Waals surface area contributed by atoms with E-state index in [1.54, 1.807) is 18.3 Å². The Morgan fingerprint density at radius 3 is 2.57 bits per heavy atom. The van der Waals surface area contributed by atoms with E-state index in [1.807, 2.05) is 48.7 Å². The van der Waals surface area contributed by atoms with E-state index in [0.29, 0.717) is 17.3 Å². The normalized spacial score (nSPS) is 11.0. The highest BCUT2D eigenvalue weighted by molar-refractivity contribution is 5.87. The summed E-state index contributed by atoms with van der Waals surface area (Å²) in [5, 5.41) is 0. The zero-order chi connectivity index (χ0) is 18.9. The van der Waals surface area contributed by atoms with E-state index in [0.717, 1.165) is 28.0 Å². The summed E-state index contributed by atoms with van der Waals surface area (Å²) in [7, 11) is 0. The molecule has 0 saturated heterocycles. The van der Waals surface area contributed by atoms with Crippen molar-refractivity contribution >= 4 is 11.0 Å². The molecule has 0 saturated carbocycles. The minimum absolute atomic E-state index is 0.306. The van der Waals surface area contributed by atoms with Crippen LogP contribution in [0.3, 0.4) is 0 Å². The third-order valence-electron chi connectivity index (χ3n) is 4.42. The summed E-state index contributed by atoms with van der Waals surface area (Å²) >= 11 is 0. The lowest BCUT2D eigenvalue weighted by Gasteiger charge is -2.10. The van der Waals surface area contributed by atoms with E-state index < -0.39 is 0 Å². The van der Waals surface area contributed by atoms with Gasteiger partial charge in [0, 0.05) is 29.7 Å². The van der Waals surface area contributed by atoms with E-state index in [4.69, 9.17) is 4.74 Å². The van der Waals surface area contributed by atoms with Crippen LogP contribution in [0.1, 0.15) is 0 Å². The second kappa shape index (κ2) is 6.66. The van der Waals surface area contributed by atoms with Crippen LogP contribution in [-0.2, 0) is 0 Å². The lowest BCUT2D eigenvalue weighted by Crippen LogP contribution is -1.90. The van der Waals surface area contributed by atoms with Crippen molar-refractivity contribution in [2.75, 3.05) is 0 Å². The van der Waals surface area contributed by atoms with Crippen molar-refractivity contribution < 1.29 is 9.13 Å². The number of nitrogens with zero attached hydrogens (tertiary/aromatic N) is 2. The number of nitrogens with one attached hydrogen (secondary N) is 2. The molecule has 3 heterocycles. The Morgan fingerprint density at radius 2 is 1.82 bits per heavy atom. The van der Waals surface area contributed by atoms with Gasteiger partial charge < -0.3 is 14.7 Å². The molecule has 0 spiro atoms. The molecule has 0 unspecified atom stereocenters. The fraction of sp³-hybridized carbons (Fsp3) is 0. The van der Waals surface area contributed by atoms with Crippen LogP contribution in [0.25, 0.3) is 33.8 Å². The highest BCUT2D eigenvalue weighted by Gasteiger charge is 2.14. The molecule has 5 aromatic rings. The minimum Gasteiger partial charge on any atom is -0.457 e. The predicted octanol–water partition coefficient (Wildman–Crippen LogP) is 5.55. The van der Waals surface area contributed by atoms with E-state index >= 15 is 0 Å². The molecule has 28 heavy (non-hydrogen) atoms. The molecular weight excluding hydrogens is 355 g/mol. The standard InChI is InChI=1S/C22H15FN4O/c23-14-6-8-15(9-7-14)28-21-13-20-19(12-16(21)17-5-3-11-24-17)26-22(27-20)18-4-1-2-10-25-18/h1-13,24H,(H,26,27). The summed E-state index contributed by atoms with van der Waals surface area (Å²) in [6.45, 7) is 0. The van der Waals surface area contributed by atoms with E-state index in [9.17, 15) is 4.39 Å². The molecule has 6 heteroatoms. The zero-order valence-corrected chi connectivity index (χ0v) is 14.7. The summed E-state index contributed by atoms with van der Waals surface area (Å²) in [6, 6.07) is 19.4. The summed E-state index contributed by atoms with van der Waals surface area (Å²) in [6.07, 6.45) is 3.59. The highest BCUT2D eigenvalue weighted by Crippen LogP contribution is 2.36. The van der Waals surface area contributed by atoms with E-state index in [1.165, 1.54) is 12.1 Å². The number of H-pyrrole nitrogens is 2. The molecule has 0 fully saturated rings. The van der Waals surface area contributed by atoms with Gasteiger partial charge in [-0.05, 0) is 54.6 Å². The fourth-order valence-electron chi connectivity index (χ4n) is 3.08. The first-order chi connectivity index (χ1) is 13.8. The highest BCUT2D eigenvalue weighted by atomic mass is 19.1. The lowest BCUT2D eigenvalue weighted by atomic mass is 10.1. The molecule has 0 amide bonds. The molecule has 2 aromatic carbocycles. The van der Waals surface area contributed by atoms with Gasteiger partial charge in [0.1, 0.15) is 23.0 Å². The van der Waals surface area contributed by atoms with Crippen molar-refractivity contribution in [2.45, 2.75) is 0 Å². The van der Waals surface area contributed by atoms with Gasteiger partial charge in [0.15, 0.2) is 5.82 Å². The molecule has 2 N–H and O–H groups in total. The maximum atomic E-state index is 13.2. The van der Waals surface area contributed by atoms with E-state index in [2.05, 4.69) is 19.9 Å². The third kappa shape index (κ3) is 3.01. The number of hydrogen-bond acceptors (Lipinski definition) is 3. The third-order valence-corrected chi connectivity index (χ3v) is 4.42. The fourth-order valence-corrected chi connectivity index (χ4v) is 3.08. The summed E-state index contributed by atoms with van der Waals surface area (Å²) in [5.41, 5.74) is 4.18. The zero-order valence-electron chi connectivity index (χ0n) is 14.7. The average Bonchev–Trinajstić information content (AvgIpc) is 3.39. The van der Waals surface area contributed by atoms with Crippen LogP contribution in [0.2, 0.25) is 0 Å². The molecule has 0 bridgehead atoms. The van der Waals surface area contributed by atoms with Crippen LogP contribution in [-0.4, -0.2) is 19.9 Å². The van der Waals surface area contributed by atoms with Crippen LogP contribution in [0, 0.1) is 5.82 Å². The summed E-state index contributed by atoms with van der Waals surface area (Å²) in [4.78, 5) is 15.5. The van der Waals surface area contributed by atoms with Crippen LogP contribution >= 0.6 is 0 Å². The average molecular weight is 370 g/mol. The van der Waals surface area contributed by atoms with Crippen LogP contribution in [0.15, 0.2) is 79.1 Å². The monoisotopic (exact) mass is 370 g/mol. The first kappa shape index (κ1) is 16.3. The first-order valence-corrected chi connectivity index (χ1v) is 8.79. The number of fused-ring (bicyclic) bond motifs is 1. The Bertz CT molecular complexity index is 1230. The van der Waals surface area contributed by atoms with Gasteiger partial charge in [-0.25, -0.2) is 9.37 Å². The molecule has 3 aromatic heterocycles. The van der Waals surface area contributed by atoms with Crippen molar-refractivity contribution in [1.82, 2.24) is 19.9 Å². The molecule has 0 aliphatic carbocycles. The number of hydrogen-bond donors (Lipinski definition) is 2. The maximum absolute atomic E-state index is 13.2. The smallest absolute Gasteiger partial charge is 0.157 e. The van der Waals surface area contributed by atoms with Gasteiger partial charge in [0.2, 0.25) is 0 Å². The number of aromatic amines is 2. The number of ether oxygens (including phenoxy) is 1. The predicted molar refractivity (Wildman–Crippen MR) is 106 cm³/mol. The maximum Gasteiger partial charge on any atom is 0.157 e. The molecule has 0 aliphatic rings. The second-order valence-corrected chi connectivity index (χ2v) is 6.31. The van der Waals surface area contributed by atoms with Crippen molar-refractivity contribution in [3.8, 4) is 34.3 Å². The topological polar surface area (TPSA) is 66.6 Å². The number of aromatic nitrogens is 4. The minimum atomic E-state index is -0.306. The Balaban J connectivity index is 1.64. The molecule has 136 valence electrons. The summed E-state index contributed by atoms with van der Waals surface area (Å²) in [5.74, 6) is 1.56. The van der Waals surface area contributed by atoms with Gasteiger partial charge >= 0.3 is 0 Å². The molecule has 0 radical (unpaired) electrons. The van der Waals surface area contributed by atoms with Crippen molar-refractivity contribution in [3.05, 3.63) is 84.9 Å². The van der Waals surface area contributed by atoms with Gasteiger partial charge in [0.25, 0.3) is 0 Å². The SMILES string of the molecule is Fc1ccc(Oc2cc3nc(-c4ccccn4)[nH]c3cc2-c2ccc[nH]2)cc1. The Kier molecular flexibility index (Phi) is 3.87. The Hall–Kier alpha value is -3.93. The quantitative estimate of drug-likeness (QED) is 0.436. The molecular formula is C22H15FN4O. The van der Waals surface area contributed by atoms with Gasteiger partial charge in [0.05, 0.1) is 11.0 Å². The van der Waals surface area contributed by atoms with Crippen LogP contribution in [0.4, 0.5) is 4.39 Å². The van der Waals surface area contributed by atoms with Gasteiger partial charge in [-0.15, -0.1) is 0 Å². The first-order valence-electron chi connectivity index (χ1n) is 8.79. The van der Waals surface area contributed by atoms with Gasteiger partial charge in [-0.2, -0.15) is 0 Å². The van der Waals surface area contributed by atoms with Gasteiger partial charge in [-0.1, -0.05) is 6.07 Å². The van der Waals surface area contributed by atoms with Crippen LogP contribution < -0.4 is 4.74 Å². The molecule has 0 aliphatic heterocycles.